The molecule has 0 radical (unpaired) electrons. The van der Waals surface area contributed by atoms with Gasteiger partial charge in [0.15, 0.2) is 6.10 Å². The van der Waals surface area contributed by atoms with Crippen molar-refractivity contribution in [2.24, 2.45) is 0 Å². The molecule has 0 unspecified atom stereocenters. The van der Waals surface area contributed by atoms with Gasteiger partial charge in [0.05, 0.1) is 11.4 Å². The lowest BCUT2D eigenvalue weighted by Gasteiger charge is -2.23. The molecule has 21 heavy (non-hydrogen) atoms. The summed E-state index contributed by atoms with van der Waals surface area (Å²) in [7, 11) is 0. The summed E-state index contributed by atoms with van der Waals surface area (Å²) in [6.45, 7) is 3.40. The van der Waals surface area contributed by atoms with E-state index in [1.54, 1.807) is 38.1 Å². The minimum Gasteiger partial charge on any atom is -0.479 e. The Morgan fingerprint density at radius 2 is 2.19 bits per heavy atom. The molecule has 7 heteroatoms. The second-order valence-electron chi connectivity index (χ2n) is 4.75. The first-order valence-electron chi connectivity index (χ1n) is 6.39. The van der Waals surface area contributed by atoms with Gasteiger partial charge in [0, 0.05) is 11.8 Å². The summed E-state index contributed by atoms with van der Waals surface area (Å²) in [6, 6.07) is 6.54. The van der Waals surface area contributed by atoms with E-state index >= 15 is 0 Å². The molecule has 1 aliphatic rings. The van der Waals surface area contributed by atoms with Gasteiger partial charge in [-0.3, -0.25) is 9.59 Å². The monoisotopic (exact) mass is 287 g/mol. The number of aryl methyl sites for hydroxylation is 1. The Balaban J connectivity index is 1.80. The molecule has 7 nitrogen and oxygen atoms in total. The molecule has 0 saturated heterocycles. The van der Waals surface area contributed by atoms with Crippen molar-refractivity contribution in [2.75, 3.05) is 10.6 Å². The van der Waals surface area contributed by atoms with Gasteiger partial charge in [-0.1, -0.05) is 5.16 Å². The zero-order valence-corrected chi connectivity index (χ0v) is 11.5. The van der Waals surface area contributed by atoms with E-state index in [9.17, 15) is 9.59 Å². The van der Waals surface area contributed by atoms with Gasteiger partial charge in [-0.2, -0.15) is 0 Å². The van der Waals surface area contributed by atoms with Crippen LogP contribution in [0.25, 0.3) is 0 Å². The van der Waals surface area contributed by atoms with Crippen molar-refractivity contribution in [1.82, 2.24) is 5.16 Å². The third-order valence-electron chi connectivity index (χ3n) is 3.02. The molecule has 108 valence electrons. The number of carbonyl (C=O) groups is 2. The Hall–Kier alpha value is -2.83. The van der Waals surface area contributed by atoms with E-state index in [1.807, 2.05) is 0 Å². The van der Waals surface area contributed by atoms with Crippen molar-refractivity contribution in [3.8, 4) is 5.75 Å². The fraction of sp³-hybridized carbons (Fsp3) is 0.214. The molecule has 0 fully saturated rings. The standard InChI is InChI=1S/C14H13N3O4/c1-7-5-12(21-17-7)14(19)15-9-3-4-11-10(6-9)16-13(18)8(2)20-11/h3-6,8H,1-2H3,(H,15,19)(H,16,18)/t8-/m1/s1. The van der Waals surface area contributed by atoms with Gasteiger partial charge in [0.1, 0.15) is 5.75 Å². The Kier molecular flexibility index (Phi) is 3.09. The summed E-state index contributed by atoms with van der Waals surface area (Å²) in [6.07, 6.45) is -0.532. The van der Waals surface area contributed by atoms with Crippen molar-refractivity contribution >= 4 is 23.2 Å². The molecule has 2 heterocycles. The lowest BCUT2D eigenvalue weighted by Crippen LogP contribution is -2.34. The third kappa shape index (κ3) is 2.58. The number of amides is 2. The zero-order chi connectivity index (χ0) is 15.0. The predicted octanol–water partition coefficient (Wildman–Crippen LogP) is 1.95. The average Bonchev–Trinajstić information content (AvgIpc) is 2.87. The van der Waals surface area contributed by atoms with Crippen molar-refractivity contribution in [2.45, 2.75) is 20.0 Å². The number of nitrogens with one attached hydrogen (secondary N) is 2. The maximum absolute atomic E-state index is 11.9. The Morgan fingerprint density at radius 1 is 1.38 bits per heavy atom. The lowest BCUT2D eigenvalue weighted by atomic mass is 10.2. The summed E-state index contributed by atoms with van der Waals surface area (Å²) in [5.41, 5.74) is 1.66. The van der Waals surface area contributed by atoms with Gasteiger partial charge in [-0.25, -0.2) is 0 Å². The molecule has 2 amide bonds. The van der Waals surface area contributed by atoms with E-state index in [0.29, 0.717) is 22.8 Å². The van der Waals surface area contributed by atoms with Gasteiger partial charge in [-0.15, -0.1) is 0 Å². The maximum Gasteiger partial charge on any atom is 0.294 e. The van der Waals surface area contributed by atoms with Gasteiger partial charge < -0.3 is 19.9 Å². The molecule has 1 aromatic heterocycles. The second kappa shape index (κ2) is 4.93. The van der Waals surface area contributed by atoms with Crippen molar-refractivity contribution in [1.29, 1.82) is 0 Å². The summed E-state index contributed by atoms with van der Waals surface area (Å²) < 4.78 is 10.3. The Morgan fingerprint density at radius 3 is 2.90 bits per heavy atom. The van der Waals surface area contributed by atoms with Crippen molar-refractivity contribution < 1.29 is 18.8 Å². The fourth-order valence-electron chi connectivity index (χ4n) is 1.95. The number of hydrogen-bond acceptors (Lipinski definition) is 5. The van der Waals surface area contributed by atoms with Crippen molar-refractivity contribution in [3.63, 3.8) is 0 Å². The van der Waals surface area contributed by atoms with Crippen LogP contribution in [0.1, 0.15) is 23.2 Å². The molecular formula is C14H13N3O4. The number of ether oxygens (including phenoxy) is 1. The largest absolute Gasteiger partial charge is 0.479 e. The normalized spacial score (nSPS) is 16.7. The Labute approximate surface area is 120 Å². The van der Waals surface area contributed by atoms with E-state index in [4.69, 9.17) is 9.26 Å². The highest BCUT2D eigenvalue weighted by atomic mass is 16.5. The van der Waals surface area contributed by atoms with Crippen LogP contribution in [0.5, 0.6) is 5.75 Å². The number of rotatable bonds is 2. The number of carbonyl (C=O) groups excluding carboxylic acids is 2. The first-order valence-corrected chi connectivity index (χ1v) is 6.39. The highest BCUT2D eigenvalue weighted by Gasteiger charge is 2.23. The molecule has 0 aliphatic carbocycles. The SMILES string of the molecule is Cc1cc(C(=O)Nc2ccc3c(c2)NC(=O)[C@@H](C)O3)on1. The number of nitrogens with zero attached hydrogens (tertiary/aromatic N) is 1. The summed E-state index contributed by atoms with van der Waals surface area (Å²) in [4.78, 5) is 23.5. The average molecular weight is 287 g/mol. The minimum absolute atomic E-state index is 0.124. The van der Waals surface area contributed by atoms with Crippen LogP contribution < -0.4 is 15.4 Å². The van der Waals surface area contributed by atoms with E-state index in [1.165, 1.54) is 0 Å². The summed E-state index contributed by atoms with van der Waals surface area (Å²) in [5.74, 6) is 0.0542. The van der Waals surface area contributed by atoms with Gasteiger partial charge in [-0.05, 0) is 32.0 Å². The first-order chi connectivity index (χ1) is 10.0. The molecule has 2 aromatic rings. The molecule has 0 spiro atoms. The highest BCUT2D eigenvalue weighted by molar-refractivity contribution is 6.03. The van der Waals surface area contributed by atoms with Crippen molar-refractivity contribution in [3.05, 3.63) is 35.7 Å². The van der Waals surface area contributed by atoms with E-state index in [2.05, 4.69) is 15.8 Å². The van der Waals surface area contributed by atoms with Crippen LogP contribution in [-0.2, 0) is 4.79 Å². The van der Waals surface area contributed by atoms with E-state index in [-0.39, 0.29) is 11.7 Å². The van der Waals surface area contributed by atoms with Crippen LogP contribution in [0.3, 0.4) is 0 Å². The molecule has 1 aromatic carbocycles. The lowest BCUT2D eigenvalue weighted by molar-refractivity contribution is -0.122. The van der Waals surface area contributed by atoms with Crippen LogP contribution in [0.2, 0.25) is 0 Å². The molecule has 2 N–H and O–H groups in total. The van der Waals surface area contributed by atoms with Crippen LogP contribution in [0, 0.1) is 6.92 Å². The van der Waals surface area contributed by atoms with Crippen LogP contribution in [0.4, 0.5) is 11.4 Å². The predicted molar refractivity (Wildman–Crippen MR) is 74.4 cm³/mol. The van der Waals surface area contributed by atoms with Crippen LogP contribution in [-0.4, -0.2) is 23.1 Å². The second-order valence-corrected chi connectivity index (χ2v) is 4.75. The molecule has 0 saturated carbocycles. The maximum atomic E-state index is 11.9. The molecule has 1 atom stereocenters. The molecule has 0 bridgehead atoms. The van der Waals surface area contributed by atoms with Gasteiger partial charge in [0.25, 0.3) is 11.8 Å². The van der Waals surface area contributed by atoms with E-state index < -0.39 is 12.0 Å². The number of hydrogen-bond donors (Lipinski definition) is 2. The van der Waals surface area contributed by atoms with E-state index in [0.717, 1.165) is 0 Å². The smallest absolute Gasteiger partial charge is 0.294 e. The molecule has 3 rings (SSSR count). The third-order valence-corrected chi connectivity index (χ3v) is 3.02. The molecular weight excluding hydrogens is 274 g/mol. The number of anilines is 2. The number of aromatic nitrogens is 1. The Bertz CT molecular complexity index is 723. The van der Waals surface area contributed by atoms with Gasteiger partial charge in [0.2, 0.25) is 5.76 Å². The summed E-state index contributed by atoms with van der Waals surface area (Å²) >= 11 is 0. The highest BCUT2D eigenvalue weighted by Crippen LogP contribution is 2.32. The first kappa shape index (κ1) is 13.2. The zero-order valence-electron chi connectivity index (χ0n) is 11.5. The quantitative estimate of drug-likeness (QED) is 0.880. The summed E-state index contributed by atoms with van der Waals surface area (Å²) in [5, 5.41) is 9.04. The fourth-order valence-corrected chi connectivity index (χ4v) is 1.95. The van der Waals surface area contributed by atoms with Gasteiger partial charge >= 0.3 is 0 Å². The molecule has 1 aliphatic heterocycles. The number of benzene rings is 1. The van der Waals surface area contributed by atoms with Crippen LogP contribution >= 0.6 is 0 Å². The minimum atomic E-state index is -0.532. The topological polar surface area (TPSA) is 93.5 Å². The number of fused-ring (bicyclic) bond motifs is 1. The van der Waals surface area contributed by atoms with Crippen LogP contribution in [0.15, 0.2) is 28.8 Å².